The highest BCUT2D eigenvalue weighted by atomic mass is 79.9. The van der Waals surface area contributed by atoms with Crippen molar-refractivity contribution in [3.05, 3.63) is 39.0 Å². The molecule has 0 aliphatic carbocycles. The average molecular weight is 243 g/mol. The summed E-state index contributed by atoms with van der Waals surface area (Å²) in [5.74, 6) is -0.491. The smallest absolute Gasteiger partial charge is 0.248 e. The van der Waals surface area contributed by atoms with Gasteiger partial charge in [-0.2, -0.15) is 0 Å². The molecular formula is C8H4BrFN2O. The van der Waals surface area contributed by atoms with E-state index in [0.717, 1.165) is 0 Å². The Bertz CT molecular complexity index is 523. The molecule has 0 aromatic carbocycles. The zero-order chi connectivity index (χ0) is 9.42. The standard InChI is InChI=1S/C8H4BrFN2O/c9-8-4(10)3-6-5(12-8)1-2-7(13)11-6/h1-3H,(H,11,13). The third-order valence-electron chi connectivity index (χ3n) is 1.61. The van der Waals surface area contributed by atoms with Crippen LogP contribution in [0.1, 0.15) is 0 Å². The molecule has 0 saturated carbocycles. The van der Waals surface area contributed by atoms with E-state index in [1.165, 1.54) is 12.1 Å². The lowest BCUT2D eigenvalue weighted by Crippen LogP contribution is -2.03. The van der Waals surface area contributed by atoms with Crippen LogP contribution in [0.4, 0.5) is 4.39 Å². The zero-order valence-electron chi connectivity index (χ0n) is 6.34. The lowest BCUT2D eigenvalue weighted by Gasteiger charge is -1.97. The number of H-pyrrole nitrogens is 1. The summed E-state index contributed by atoms with van der Waals surface area (Å²) in [6, 6.07) is 4.12. The monoisotopic (exact) mass is 242 g/mol. The highest BCUT2D eigenvalue weighted by Gasteiger charge is 2.03. The van der Waals surface area contributed by atoms with Gasteiger partial charge in [-0.1, -0.05) is 0 Å². The fraction of sp³-hybridized carbons (Fsp3) is 0. The first-order valence-corrected chi connectivity index (χ1v) is 4.31. The Morgan fingerprint density at radius 3 is 3.00 bits per heavy atom. The van der Waals surface area contributed by atoms with Crippen molar-refractivity contribution in [3.8, 4) is 0 Å². The van der Waals surface area contributed by atoms with Gasteiger partial charge in [-0.15, -0.1) is 0 Å². The molecule has 0 saturated heterocycles. The van der Waals surface area contributed by atoms with Crippen molar-refractivity contribution in [2.24, 2.45) is 0 Å². The summed E-state index contributed by atoms with van der Waals surface area (Å²) in [6.07, 6.45) is 0. The van der Waals surface area contributed by atoms with E-state index in [-0.39, 0.29) is 10.2 Å². The van der Waals surface area contributed by atoms with Crippen molar-refractivity contribution < 1.29 is 4.39 Å². The van der Waals surface area contributed by atoms with Crippen molar-refractivity contribution in [1.29, 1.82) is 0 Å². The Morgan fingerprint density at radius 1 is 1.46 bits per heavy atom. The van der Waals surface area contributed by atoms with Crippen LogP contribution in [0, 0.1) is 5.82 Å². The van der Waals surface area contributed by atoms with Gasteiger partial charge in [0.05, 0.1) is 11.0 Å². The number of hydrogen-bond donors (Lipinski definition) is 1. The number of fused-ring (bicyclic) bond motifs is 1. The van der Waals surface area contributed by atoms with Gasteiger partial charge in [-0.05, 0) is 22.0 Å². The molecule has 2 rings (SSSR count). The molecule has 0 radical (unpaired) electrons. The van der Waals surface area contributed by atoms with Crippen LogP contribution in [0.5, 0.6) is 0 Å². The van der Waals surface area contributed by atoms with Gasteiger partial charge in [0.1, 0.15) is 4.60 Å². The molecule has 0 unspecified atom stereocenters. The van der Waals surface area contributed by atoms with E-state index >= 15 is 0 Å². The molecule has 3 nitrogen and oxygen atoms in total. The highest BCUT2D eigenvalue weighted by Crippen LogP contribution is 2.16. The Kier molecular flexibility index (Phi) is 1.88. The minimum atomic E-state index is -0.491. The molecule has 0 fully saturated rings. The largest absolute Gasteiger partial charge is 0.321 e. The van der Waals surface area contributed by atoms with Crippen molar-refractivity contribution in [2.45, 2.75) is 0 Å². The molecule has 2 heterocycles. The summed E-state index contributed by atoms with van der Waals surface area (Å²) in [4.78, 5) is 17.2. The lowest BCUT2D eigenvalue weighted by atomic mass is 10.3. The van der Waals surface area contributed by atoms with Gasteiger partial charge in [0.15, 0.2) is 5.82 Å². The molecular weight excluding hydrogens is 239 g/mol. The molecule has 66 valence electrons. The van der Waals surface area contributed by atoms with Crippen molar-refractivity contribution in [1.82, 2.24) is 9.97 Å². The molecule has 0 spiro atoms. The van der Waals surface area contributed by atoms with Crippen LogP contribution in [0.3, 0.4) is 0 Å². The number of pyridine rings is 2. The maximum atomic E-state index is 12.9. The molecule has 13 heavy (non-hydrogen) atoms. The van der Waals surface area contributed by atoms with Crippen LogP contribution in [-0.2, 0) is 0 Å². The van der Waals surface area contributed by atoms with Gasteiger partial charge < -0.3 is 4.98 Å². The van der Waals surface area contributed by atoms with E-state index in [9.17, 15) is 9.18 Å². The topological polar surface area (TPSA) is 45.8 Å². The molecule has 2 aromatic heterocycles. The molecule has 0 bridgehead atoms. The number of nitrogens with one attached hydrogen (secondary N) is 1. The first-order chi connectivity index (χ1) is 6.16. The lowest BCUT2D eigenvalue weighted by molar-refractivity contribution is 0.615. The summed E-state index contributed by atoms with van der Waals surface area (Å²) in [7, 11) is 0. The SMILES string of the molecule is O=c1ccc2nc(Br)c(F)cc2[nH]1. The molecule has 0 atom stereocenters. The molecule has 0 aliphatic rings. The number of aromatic amines is 1. The number of hydrogen-bond acceptors (Lipinski definition) is 2. The molecule has 0 aliphatic heterocycles. The van der Waals surface area contributed by atoms with Gasteiger partial charge in [0.2, 0.25) is 5.56 Å². The maximum Gasteiger partial charge on any atom is 0.248 e. The summed E-state index contributed by atoms with van der Waals surface area (Å²) in [5, 5.41) is 0. The van der Waals surface area contributed by atoms with Crippen molar-refractivity contribution in [3.63, 3.8) is 0 Å². The van der Waals surface area contributed by atoms with Gasteiger partial charge >= 0.3 is 0 Å². The second kappa shape index (κ2) is 2.92. The van der Waals surface area contributed by atoms with E-state index in [1.807, 2.05) is 0 Å². The van der Waals surface area contributed by atoms with Crippen molar-refractivity contribution >= 4 is 27.0 Å². The first-order valence-electron chi connectivity index (χ1n) is 3.52. The summed E-state index contributed by atoms with van der Waals surface area (Å²) in [6.45, 7) is 0. The molecule has 2 aromatic rings. The highest BCUT2D eigenvalue weighted by molar-refractivity contribution is 9.10. The Labute approximate surface area is 80.7 Å². The van der Waals surface area contributed by atoms with E-state index < -0.39 is 5.82 Å². The van der Waals surface area contributed by atoms with E-state index in [1.54, 1.807) is 6.07 Å². The third-order valence-corrected chi connectivity index (χ3v) is 2.17. The van der Waals surface area contributed by atoms with Gasteiger partial charge in [0.25, 0.3) is 0 Å². The summed E-state index contributed by atoms with van der Waals surface area (Å²) >= 11 is 2.96. The number of aromatic nitrogens is 2. The quantitative estimate of drug-likeness (QED) is 0.717. The van der Waals surface area contributed by atoms with Crippen molar-refractivity contribution in [2.75, 3.05) is 0 Å². The Hall–Kier alpha value is -1.23. The average Bonchev–Trinajstić information content (AvgIpc) is 2.08. The van der Waals surface area contributed by atoms with Crippen LogP contribution in [0.25, 0.3) is 11.0 Å². The molecule has 5 heteroatoms. The van der Waals surface area contributed by atoms with E-state index in [4.69, 9.17) is 0 Å². The second-order valence-corrected chi connectivity index (χ2v) is 3.27. The third kappa shape index (κ3) is 1.47. The van der Waals surface area contributed by atoms with Crippen LogP contribution >= 0.6 is 15.9 Å². The first kappa shape index (κ1) is 8.37. The van der Waals surface area contributed by atoms with Crippen LogP contribution in [-0.4, -0.2) is 9.97 Å². The molecule has 1 N–H and O–H groups in total. The minimum Gasteiger partial charge on any atom is -0.321 e. The minimum absolute atomic E-state index is 0.145. The fourth-order valence-electron chi connectivity index (χ4n) is 1.04. The Morgan fingerprint density at radius 2 is 2.23 bits per heavy atom. The Balaban J connectivity index is 2.89. The number of halogens is 2. The number of rotatable bonds is 0. The van der Waals surface area contributed by atoms with Crippen LogP contribution in [0.2, 0.25) is 0 Å². The maximum absolute atomic E-state index is 12.9. The van der Waals surface area contributed by atoms with Crippen LogP contribution < -0.4 is 5.56 Å². The van der Waals surface area contributed by atoms with E-state index in [2.05, 4.69) is 25.9 Å². The number of nitrogens with zero attached hydrogens (tertiary/aromatic N) is 1. The second-order valence-electron chi connectivity index (χ2n) is 2.52. The fourth-order valence-corrected chi connectivity index (χ4v) is 1.34. The van der Waals surface area contributed by atoms with Gasteiger partial charge in [-0.25, -0.2) is 9.37 Å². The normalized spacial score (nSPS) is 10.6. The zero-order valence-corrected chi connectivity index (χ0v) is 7.93. The predicted octanol–water partition coefficient (Wildman–Crippen LogP) is 1.82. The summed E-state index contributed by atoms with van der Waals surface area (Å²) in [5.41, 5.74) is 0.678. The predicted molar refractivity (Wildman–Crippen MR) is 50.0 cm³/mol. The van der Waals surface area contributed by atoms with Crippen LogP contribution in [0.15, 0.2) is 27.6 Å². The van der Waals surface area contributed by atoms with Gasteiger partial charge in [-0.3, -0.25) is 4.79 Å². The summed E-state index contributed by atoms with van der Waals surface area (Å²) < 4.78 is 13.1. The molecule has 0 amide bonds. The van der Waals surface area contributed by atoms with Gasteiger partial charge in [0, 0.05) is 12.1 Å². The van der Waals surface area contributed by atoms with E-state index in [0.29, 0.717) is 11.0 Å².